The van der Waals surface area contributed by atoms with E-state index >= 15 is 0 Å². The summed E-state index contributed by atoms with van der Waals surface area (Å²) in [4.78, 5) is 10.5. The molecule has 0 aliphatic heterocycles. The highest BCUT2D eigenvalue weighted by Gasteiger charge is 2.03. The van der Waals surface area contributed by atoms with Gasteiger partial charge in [0, 0.05) is 0 Å². The van der Waals surface area contributed by atoms with Crippen molar-refractivity contribution in [1.82, 2.24) is 0 Å². The standard InChI is InChI=1S/C7H7NO2.H2O/c8-7(10)5-3-1-2-4-6(5)9;/h1-4,9H,(H2,8,10);1H2. The fraction of sp³-hybridized carbons (Fsp3) is 0. The molecule has 4 heteroatoms. The van der Waals surface area contributed by atoms with E-state index in [1.165, 1.54) is 12.1 Å². The van der Waals surface area contributed by atoms with Crippen molar-refractivity contribution in [2.75, 3.05) is 0 Å². The quantitative estimate of drug-likeness (QED) is 0.580. The predicted octanol–water partition coefficient (Wildman–Crippen LogP) is -0.334. The fourth-order valence-corrected chi connectivity index (χ4v) is 0.682. The van der Waals surface area contributed by atoms with E-state index < -0.39 is 5.91 Å². The largest absolute Gasteiger partial charge is 0.507 e. The second kappa shape index (κ2) is 3.58. The van der Waals surface area contributed by atoms with E-state index in [9.17, 15) is 4.79 Å². The van der Waals surface area contributed by atoms with Crippen molar-refractivity contribution < 1.29 is 15.4 Å². The van der Waals surface area contributed by atoms with Gasteiger partial charge in [-0.05, 0) is 12.1 Å². The number of para-hydroxylation sites is 1. The molecule has 60 valence electrons. The number of hydrogen-bond acceptors (Lipinski definition) is 2. The molecule has 0 aromatic heterocycles. The molecule has 0 saturated heterocycles. The van der Waals surface area contributed by atoms with Gasteiger partial charge in [-0.2, -0.15) is 0 Å². The van der Waals surface area contributed by atoms with Crippen LogP contribution in [0.2, 0.25) is 0 Å². The number of benzene rings is 1. The number of primary amides is 1. The molecule has 1 aromatic rings. The lowest BCUT2D eigenvalue weighted by Gasteiger charge is -1.96. The van der Waals surface area contributed by atoms with Gasteiger partial charge in [0.25, 0.3) is 5.91 Å². The highest BCUT2D eigenvalue weighted by molar-refractivity contribution is 5.95. The van der Waals surface area contributed by atoms with Crippen LogP contribution in [0.3, 0.4) is 0 Å². The maximum atomic E-state index is 10.5. The third kappa shape index (κ3) is 1.94. The topological polar surface area (TPSA) is 94.8 Å². The first kappa shape index (κ1) is 9.45. The van der Waals surface area contributed by atoms with Gasteiger partial charge in [-0.3, -0.25) is 4.79 Å². The van der Waals surface area contributed by atoms with Crippen molar-refractivity contribution >= 4 is 5.91 Å². The molecular weight excluding hydrogens is 146 g/mol. The lowest BCUT2D eigenvalue weighted by Crippen LogP contribution is -2.10. The summed E-state index contributed by atoms with van der Waals surface area (Å²) in [5, 5.41) is 8.98. The lowest BCUT2D eigenvalue weighted by atomic mass is 10.2. The van der Waals surface area contributed by atoms with E-state index in [1.54, 1.807) is 12.1 Å². The molecule has 0 saturated carbocycles. The number of amides is 1. The molecule has 1 aromatic carbocycles. The van der Waals surface area contributed by atoms with E-state index in [4.69, 9.17) is 10.8 Å². The summed E-state index contributed by atoms with van der Waals surface area (Å²) in [5.41, 5.74) is 5.07. The fourth-order valence-electron chi connectivity index (χ4n) is 0.682. The van der Waals surface area contributed by atoms with Crippen LogP contribution in [0, 0.1) is 0 Å². The molecule has 0 aliphatic rings. The Morgan fingerprint density at radius 1 is 1.36 bits per heavy atom. The lowest BCUT2D eigenvalue weighted by molar-refractivity contribution is 0.0998. The smallest absolute Gasteiger partial charge is 0.252 e. The highest BCUT2D eigenvalue weighted by atomic mass is 16.3. The van der Waals surface area contributed by atoms with Crippen LogP contribution in [0.5, 0.6) is 5.75 Å². The molecule has 0 radical (unpaired) electrons. The Balaban J connectivity index is 0.000001000. The van der Waals surface area contributed by atoms with Gasteiger partial charge in [0.05, 0.1) is 5.56 Å². The molecular formula is C7H9NO3. The van der Waals surface area contributed by atoms with Gasteiger partial charge in [0.2, 0.25) is 0 Å². The third-order valence-corrected chi connectivity index (χ3v) is 1.17. The van der Waals surface area contributed by atoms with Crippen molar-refractivity contribution in [3.63, 3.8) is 0 Å². The Morgan fingerprint density at radius 3 is 2.27 bits per heavy atom. The summed E-state index contributed by atoms with van der Waals surface area (Å²) in [6.07, 6.45) is 0. The first-order valence-electron chi connectivity index (χ1n) is 2.79. The molecule has 0 unspecified atom stereocenters. The minimum Gasteiger partial charge on any atom is -0.507 e. The molecule has 0 fully saturated rings. The minimum absolute atomic E-state index is 0. The van der Waals surface area contributed by atoms with Crippen LogP contribution in [0.25, 0.3) is 0 Å². The van der Waals surface area contributed by atoms with Gasteiger partial charge < -0.3 is 16.3 Å². The molecule has 0 aliphatic carbocycles. The van der Waals surface area contributed by atoms with E-state index in [1.807, 2.05) is 0 Å². The van der Waals surface area contributed by atoms with E-state index in [-0.39, 0.29) is 16.8 Å². The summed E-state index contributed by atoms with van der Waals surface area (Å²) in [6.45, 7) is 0. The molecule has 4 nitrogen and oxygen atoms in total. The number of carbonyl (C=O) groups excluding carboxylic acids is 1. The van der Waals surface area contributed by atoms with Gasteiger partial charge in [-0.1, -0.05) is 12.1 Å². The van der Waals surface area contributed by atoms with E-state index in [0.717, 1.165) is 0 Å². The Hall–Kier alpha value is -1.55. The van der Waals surface area contributed by atoms with Crippen molar-refractivity contribution in [2.45, 2.75) is 0 Å². The zero-order chi connectivity index (χ0) is 7.56. The van der Waals surface area contributed by atoms with Crippen LogP contribution >= 0.6 is 0 Å². The molecule has 1 amide bonds. The van der Waals surface area contributed by atoms with Gasteiger partial charge in [0.1, 0.15) is 5.75 Å². The van der Waals surface area contributed by atoms with Crippen LogP contribution in [0.1, 0.15) is 10.4 Å². The van der Waals surface area contributed by atoms with Crippen LogP contribution in [0.15, 0.2) is 24.3 Å². The number of nitrogens with two attached hydrogens (primary N) is 1. The second-order valence-corrected chi connectivity index (χ2v) is 1.88. The van der Waals surface area contributed by atoms with Gasteiger partial charge >= 0.3 is 0 Å². The number of phenols is 1. The van der Waals surface area contributed by atoms with Crippen LogP contribution in [0.4, 0.5) is 0 Å². The maximum absolute atomic E-state index is 10.5. The Kier molecular flexibility index (Phi) is 3.07. The Morgan fingerprint density at radius 2 is 1.91 bits per heavy atom. The summed E-state index contributed by atoms with van der Waals surface area (Å²) in [7, 11) is 0. The first-order valence-corrected chi connectivity index (χ1v) is 2.79. The normalized spacial score (nSPS) is 8.36. The SMILES string of the molecule is NC(=O)c1ccccc1O.O. The second-order valence-electron chi connectivity index (χ2n) is 1.88. The number of carbonyl (C=O) groups is 1. The van der Waals surface area contributed by atoms with Gasteiger partial charge in [0.15, 0.2) is 0 Å². The Bertz CT molecular complexity index is 260. The number of hydrogen-bond donors (Lipinski definition) is 2. The monoisotopic (exact) mass is 155 g/mol. The van der Waals surface area contributed by atoms with Crippen molar-refractivity contribution in [3.8, 4) is 5.75 Å². The zero-order valence-electron chi connectivity index (χ0n) is 5.74. The number of aromatic hydroxyl groups is 1. The van der Waals surface area contributed by atoms with E-state index in [0.29, 0.717) is 0 Å². The molecule has 1 rings (SSSR count). The summed E-state index contributed by atoms with van der Waals surface area (Å²) in [6, 6.07) is 6.15. The molecule has 5 N–H and O–H groups in total. The summed E-state index contributed by atoms with van der Waals surface area (Å²) >= 11 is 0. The molecule has 0 spiro atoms. The Labute approximate surface area is 63.6 Å². The van der Waals surface area contributed by atoms with E-state index in [2.05, 4.69) is 0 Å². The average molecular weight is 155 g/mol. The van der Waals surface area contributed by atoms with Crippen LogP contribution in [-0.2, 0) is 0 Å². The molecule has 0 bridgehead atoms. The third-order valence-electron chi connectivity index (χ3n) is 1.17. The van der Waals surface area contributed by atoms with Gasteiger partial charge in [-0.15, -0.1) is 0 Å². The van der Waals surface area contributed by atoms with Gasteiger partial charge in [-0.25, -0.2) is 0 Å². The van der Waals surface area contributed by atoms with Crippen LogP contribution in [-0.4, -0.2) is 16.5 Å². The van der Waals surface area contributed by atoms with Crippen molar-refractivity contribution in [2.24, 2.45) is 5.73 Å². The maximum Gasteiger partial charge on any atom is 0.252 e. The summed E-state index contributed by atoms with van der Waals surface area (Å²) < 4.78 is 0. The first-order chi connectivity index (χ1) is 4.72. The van der Waals surface area contributed by atoms with Crippen molar-refractivity contribution in [3.05, 3.63) is 29.8 Å². The molecule has 11 heavy (non-hydrogen) atoms. The molecule has 0 atom stereocenters. The zero-order valence-corrected chi connectivity index (χ0v) is 5.74. The minimum atomic E-state index is -0.613. The summed E-state index contributed by atoms with van der Waals surface area (Å²) in [5.74, 6) is -0.687. The van der Waals surface area contributed by atoms with Crippen molar-refractivity contribution in [1.29, 1.82) is 0 Å². The highest BCUT2D eigenvalue weighted by Crippen LogP contribution is 2.13. The predicted molar refractivity (Wildman–Crippen MR) is 40.2 cm³/mol. The number of rotatable bonds is 1. The average Bonchev–Trinajstić information content (AvgIpc) is 1.88. The van der Waals surface area contributed by atoms with Crippen LogP contribution < -0.4 is 5.73 Å². The molecule has 0 heterocycles.